The van der Waals surface area contributed by atoms with Crippen LogP contribution in [0.3, 0.4) is 0 Å². The summed E-state index contributed by atoms with van der Waals surface area (Å²) < 4.78 is 4.68. The predicted octanol–water partition coefficient (Wildman–Crippen LogP) is 1.87. The summed E-state index contributed by atoms with van der Waals surface area (Å²) in [5.74, 6) is 1.13. The second kappa shape index (κ2) is 10.5. The molecule has 1 amide bonds. The maximum absolute atomic E-state index is 13.3. The molecule has 0 spiro atoms. The molecule has 0 aliphatic heterocycles. The number of halogens is 1. The first-order valence-electron chi connectivity index (χ1n) is 11.6. The monoisotopic (exact) mass is 507 g/mol. The van der Waals surface area contributed by atoms with Gasteiger partial charge in [0, 0.05) is 6.92 Å². The van der Waals surface area contributed by atoms with E-state index >= 15 is 0 Å². The van der Waals surface area contributed by atoms with Crippen molar-refractivity contribution in [2.45, 2.75) is 58.0 Å². The summed E-state index contributed by atoms with van der Waals surface area (Å²) in [7, 11) is 0. The number of hydrogen-bond donors (Lipinski definition) is 1. The lowest BCUT2D eigenvalue weighted by atomic mass is 9.64. The van der Waals surface area contributed by atoms with Crippen molar-refractivity contribution in [3.63, 3.8) is 0 Å². The van der Waals surface area contributed by atoms with Crippen LogP contribution in [0.2, 0.25) is 0 Å². The third-order valence-electron chi connectivity index (χ3n) is 7.15. The van der Waals surface area contributed by atoms with Gasteiger partial charge in [0.2, 0.25) is 5.91 Å². The number of allylic oxidation sites excluding steroid dienone is 2. The van der Waals surface area contributed by atoms with Crippen LogP contribution < -0.4 is 27.3 Å². The van der Waals surface area contributed by atoms with E-state index in [2.05, 4.69) is 72.6 Å². The van der Waals surface area contributed by atoms with Crippen LogP contribution in [0.1, 0.15) is 56.1 Å². The quantitative estimate of drug-likeness (QED) is 0.385. The van der Waals surface area contributed by atoms with Crippen molar-refractivity contribution < 1.29 is 26.3 Å². The van der Waals surface area contributed by atoms with Gasteiger partial charge in [0.25, 0.3) is 5.82 Å². The Morgan fingerprint density at radius 2 is 1.64 bits per heavy atom. The average molecular weight is 509 g/mol. The highest BCUT2D eigenvalue weighted by molar-refractivity contribution is 5.91. The molecule has 1 aliphatic carbocycles. The second-order valence-corrected chi connectivity index (χ2v) is 9.25. The smallest absolute Gasteiger partial charge is 0.253 e. The SMILES string of the molecule is CC(C)=CC[n+]1ccn(C2CCC(C(C(N)=O)(c3ccccc3)c3ccccc3)C2)c1C.[Br-]. The van der Waals surface area contributed by atoms with E-state index in [1.54, 1.807) is 0 Å². The zero-order chi connectivity index (χ0) is 22.7. The standard InChI is InChI=1S/C28H33N3O.BrH/c1-21(2)16-17-30-18-19-31(22(30)3)26-15-14-25(20-26)28(27(29)32,23-10-6-4-7-11-23)24-12-8-5-9-13-24;/h4-13,16,18-19,25-26H,14-15,17,20H2,1-3H3,(H-,29,32);1H. The lowest BCUT2D eigenvalue weighted by molar-refractivity contribution is -0.692. The van der Waals surface area contributed by atoms with E-state index < -0.39 is 5.41 Å². The summed E-state index contributed by atoms with van der Waals surface area (Å²) >= 11 is 0. The fourth-order valence-electron chi connectivity index (χ4n) is 5.51. The fourth-order valence-corrected chi connectivity index (χ4v) is 5.51. The van der Waals surface area contributed by atoms with Crippen molar-refractivity contribution in [1.82, 2.24) is 4.57 Å². The van der Waals surface area contributed by atoms with Gasteiger partial charge in [-0.2, -0.15) is 0 Å². The van der Waals surface area contributed by atoms with E-state index in [-0.39, 0.29) is 28.8 Å². The highest BCUT2D eigenvalue weighted by Crippen LogP contribution is 2.49. The lowest BCUT2D eigenvalue weighted by Crippen LogP contribution is -3.00. The normalized spacial score (nSPS) is 17.9. The first-order valence-corrected chi connectivity index (χ1v) is 11.6. The maximum Gasteiger partial charge on any atom is 0.253 e. The van der Waals surface area contributed by atoms with Crippen LogP contribution in [0.25, 0.3) is 0 Å². The molecule has 2 unspecified atom stereocenters. The van der Waals surface area contributed by atoms with Gasteiger partial charge in [0.1, 0.15) is 30.4 Å². The summed E-state index contributed by atoms with van der Waals surface area (Å²) in [5, 5.41) is 0. The van der Waals surface area contributed by atoms with Crippen molar-refractivity contribution in [1.29, 1.82) is 0 Å². The summed E-state index contributed by atoms with van der Waals surface area (Å²) in [6.45, 7) is 7.33. The molecule has 2 atom stereocenters. The molecule has 5 heteroatoms. The van der Waals surface area contributed by atoms with Gasteiger partial charge in [-0.15, -0.1) is 0 Å². The predicted molar refractivity (Wildman–Crippen MR) is 128 cm³/mol. The minimum absolute atomic E-state index is 0. The third-order valence-corrected chi connectivity index (χ3v) is 7.15. The molecular weight excluding hydrogens is 474 g/mol. The molecule has 0 radical (unpaired) electrons. The van der Waals surface area contributed by atoms with E-state index in [4.69, 9.17) is 5.73 Å². The Balaban J connectivity index is 0.00000306. The van der Waals surface area contributed by atoms with Gasteiger partial charge in [0.05, 0.1) is 0 Å². The van der Waals surface area contributed by atoms with Gasteiger partial charge in [0.15, 0.2) is 0 Å². The average Bonchev–Trinajstić information content (AvgIpc) is 3.41. The minimum atomic E-state index is -0.823. The lowest BCUT2D eigenvalue weighted by Gasteiger charge is -2.37. The van der Waals surface area contributed by atoms with Crippen LogP contribution in [0.4, 0.5) is 0 Å². The summed E-state index contributed by atoms with van der Waals surface area (Å²) in [6, 6.07) is 20.6. The van der Waals surface area contributed by atoms with Crippen LogP contribution in [0.15, 0.2) is 84.7 Å². The topological polar surface area (TPSA) is 51.9 Å². The molecule has 0 bridgehead atoms. The van der Waals surface area contributed by atoms with E-state index in [0.717, 1.165) is 36.9 Å². The van der Waals surface area contributed by atoms with Crippen LogP contribution >= 0.6 is 0 Å². The molecule has 4 rings (SSSR count). The van der Waals surface area contributed by atoms with E-state index in [1.807, 2.05) is 36.4 Å². The van der Waals surface area contributed by atoms with Crippen molar-refractivity contribution in [2.24, 2.45) is 11.7 Å². The van der Waals surface area contributed by atoms with Crippen molar-refractivity contribution >= 4 is 5.91 Å². The number of hydrogen-bond acceptors (Lipinski definition) is 1. The zero-order valence-electron chi connectivity index (χ0n) is 19.7. The largest absolute Gasteiger partial charge is 1.00 e. The minimum Gasteiger partial charge on any atom is -1.00 e. The molecule has 1 aromatic heterocycles. The molecule has 33 heavy (non-hydrogen) atoms. The van der Waals surface area contributed by atoms with E-state index in [1.165, 1.54) is 11.4 Å². The number of amides is 1. The zero-order valence-corrected chi connectivity index (χ0v) is 21.3. The Morgan fingerprint density at radius 3 is 2.15 bits per heavy atom. The van der Waals surface area contributed by atoms with Gasteiger partial charge >= 0.3 is 0 Å². The van der Waals surface area contributed by atoms with Gasteiger partial charge < -0.3 is 22.7 Å². The number of benzene rings is 2. The number of nitrogens with two attached hydrogens (primary N) is 1. The number of primary amides is 1. The Labute approximate surface area is 207 Å². The third kappa shape index (κ3) is 4.70. The number of carbonyl (C=O) groups excluding carboxylic acids is 1. The molecular formula is C28H34BrN3O. The number of imidazole rings is 1. The van der Waals surface area contributed by atoms with Gasteiger partial charge in [-0.25, -0.2) is 9.13 Å². The van der Waals surface area contributed by atoms with Crippen LogP contribution in [0.5, 0.6) is 0 Å². The first kappa shape index (κ1) is 25.0. The Bertz CT molecular complexity index is 1060. The van der Waals surface area contributed by atoms with Gasteiger partial charge in [-0.05, 0) is 56.2 Å². The Hall–Kier alpha value is -2.66. The van der Waals surface area contributed by atoms with Crippen molar-refractivity contribution in [3.05, 3.63) is 102 Å². The maximum atomic E-state index is 13.3. The number of rotatable bonds is 7. The number of aromatic nitrogens is 2. The van der Waals surface area contributed by atoms with E-state index in [9.17, 15) is 4.79 Å². The van der Waals surface area contributed by atoms with E-state index in [0.29, 0.717) is 6.04 Å². The number of nitrogens with zero attached hydrogens (tertiary/aromatic N) is 2. The summed E-state index contributed by atoms with van der Waals surface area (Å²) in [5.41, 5.74) is 8.73. The molecule has 1 saturated carbocycles. The molecule has 1 aliphatic rings. The molecule has 3 aromatic rings. The first-order chi connectivity index (χ1) is 15.4. The second-order valence-electron chi connectivity index (χ2n) is 9.25. The summed E-state index contributed by atoms with van der Waals surface area (Å²) in [4.78, 5) is 13.3. The highest BCUT2D eigenvalue weighted by Gasteiger charge is 2.51. The molecule has 2 N–H and O–H groups in total. The number of carbonyl (C=O) groups is 1. The fraction of sp³-hybridized carbons (Fsp3) is 0.357. The summed E-state index contributed by atoms with van der Waals surface area (Å²) in [6.07, 6.45) is 9.53. The molecule has 2 aromatic carbocycles. The highest BCUT2D eigenvalue weighted by atomic mass is 79.9. The van der Waals surface area contributed by atoms with Gasteiger partial charge in [-0.3, -0.25) is 4.79 Å². The molecule has 1 heterocycles. The van der Waals surface area contributed by atoms with Crippen LogP contribution in [-0.4, -0.2) is 10.5 Å². The molecule has 1 fully saturated rings. The van der Waals surface area contributed by atoms with Crippen molar-refractivity contribution in [2.75, 3.05) is 0 Å². The van der Waals surface area contributed by atoms with Crippen LogP contribution in [-0.2, 0) is 16.8 Å². The van der Waals surface area contributed by atoms with Crippen molar-refractivity contribution in [3.8, 4) is 0 Å². The molecule has 174 valence electrons. The molecule has 0 saturated heterocycles. The van der Waals surface area contributed by atoms with Gasteiger partial charge in [-0.1, -0.05) is 66.2 Å². The van der Waals surface area contributed by atoms with Crippen LogP contribution in [0, 0.1) is 12.8 Å². The Kier molecular flexibility index (Phi) is 7.96. The Morgan fingerprint density at radius 1 is 1.06 bits per heavy atom. The molecule has 4 nitrogen and oxygen atoms in total.